The van der Waals surface area contributed by atoms with E-state index in [1.54, 1.807) is 12.1 Å². The molecule has 1 aromatic rings. The number of carbonyl (C=O) groups excluding carboxylic acids is 1. The van der Waals surface area contributed by atoms with Crippen molar-refractivity contribution in [2.24, 2.45) is 5.73 Å². The van der Waals surface area contributed by atoms with E-state index in [0.717, 1.165) is 44.1 Å². The average Bonchev–Trinajstić information content (AvgIpc) is 3.29. The van der Waals surface area contributed by atoms with Crippen molar-refractivity contribution in [3.8, 4) is 5.75 Å². The molecule has 21 heavy (non-hydrogen) atoms. The first-order valence-electron chi connectivity index (χ1n) is 7.96. The van der Waals surface area contributed by atoms with Gasteiger partial charge in [0.25, 0.3) is 0 Å². The lowest BCUT2D eigenvalue weighted by molar-refractivity contribution is -0.139. The molecule has 3 N–H and O–H groups in total. The van der Waals surface area contributed by atoms with E-state index in [-0.39, 0.29) is 11.7 Å². The zero-order chi connectivity index (χ0) is 14.9. The van der Waals surface area contributed by atoms with Crippen molar-refractivity contribution in [2.75, 3.05) is 0 Å². The molecule has 2 saturated carbocycles. The highest BCUT2D eigenvalue weighted by molar-refractivity contribution is 5.86. The molecule has 3 rings (SSSR count). The summed E-state index contributed by atoms with van der Waals surface area (Å²) >= 11 is 0. The monoisotopic (exact) mass is 288 g/mol. The van der Waals surface area contributed by atoms with Gasteiger partial charge in [0.2, 0.25) is 5.91 Å². The van der Waals surface area contributed by atoms with Gasteiger partial charge in [0, 0.05) is 12.6 Å². The van der Waals surface area contributed by atoms with Crippen LogP contribution in [0.4, 0.5) is 0 Å². The van der Waals surface area contributed by atoms with Crippen LogP contribution in [0.2, 0.25) is 0 Å². The molecule has 1 amide bonds. The SMILES string of the molecule is NC1(C(=O)N(Cc2cccc(O)c2)C2CC2)CCCCC1. The minimum absolute atomic E-state index is 0.105. The average molecular weight is 288 g/mol. The highest BCUT2D eigenvalue weighted by Gasteiger charge is 2.43. The topological polar surface area (TPSA) is 66.6 Å². The van der Waals surface area contributed by atoms with Gasteiger partial charge >= 0.3 is 0 Å². The molecule has 0 saturated heterocycles. The number of nitrogens with two attached hydrogens (primary N) is 1. The van der Waals surface area contributed by atoms with Gasteiger partial charge in [-0.1, -0.05) is 31.4 Å². The predicted octanol–water partition coefficient (Wildman–Crippen LogP) is 2.54. The van der Waals surface area contributed by atoms with Gasteiger partial charge in [-0.25, -0.2) is 0 Å². The molecule has 4 nitrogen and oxygen atoms in total. The second kappa shape index (κ2) is 5.68. The number of nitrogens with zero attached hydrogens (tertiary/aromatic N) is 1. The number of rotatable bonds is 4. The van der Waals surface area contributed by atoms with Crippen LogP contribution in [0.25, 0.3) is 0 Å². The largest absolute Gasteiger partial charge is 0.508 e. The van der Waals surface area contributed by atoms with Gasteiger partial charge in [-0.05, 0) is 43.4 Å². The van der Waals surface area contributed by atoms with Crippen LogP contribution < -0.4 is 5.73 Å². The Morgan fingerprint density at radius 3 is 2.62 bits per heavy atom. The fourth-order valence-electron chi connectivity index (χ4n) is 3.29. The zero-order valence-electron chi connectivity index (χ0n) is 12.4. The van der Waals surface area contributed by atoms with Crippen molar-refractivity contribution in [1.82, 2.24) is 4.90 Å². The van der Waals surface area contributed by atoms with Crippen LogP contribution in [0, 0.1) is 0 Å². The first kappa shape index (κ1) is 14.4. The minimum Gasteiger partial charge on any atom is -0.508 e. The Morgan fingerprint density at radius 2 is 2.00 bits per heavy atom. The molecule has 2 aliphatic rings. The lowest BCUT2D eigenvalue weighted by Gasteiger charge is -2.37. The second-order valence-corrected chi connectivity index (χ2v) is 6.55. The van der Waals surface area contributed by atoms with E-state index in [0.29, 0.717) is 12.6 Å². The molecular weight excluding hydrogens is 264 g/mol. The van der Waals surface area contributed by atoms with E-state index in [9.17, 15) is 9.90 Å². The van der Waals surface area contributed by atoms with Crippen LogP contribution in [0.15, 0.2) is 24.3 Å². The molecule has 1 aromatic carbocycles. The van der Waals surface area contributed by atoms with Crippen molar-refractivity contribution < 1.29 is 9.90 Å². The smallest absolute Gasteiger partial charge is 0.243 e. The summed E-state index contributed by atoms with van der Waals surface area (Å²) in [5, 5.41) is 9.59. The molecule has 4 heteroatoms. The van der Waals surface area contributed by atoms with Crippen LogP contribution in [0.5, 0.6) is 5.75 Å². The molecule has 0 aromatic heterocycles. The molecule has 0 bridgehead atoms. The van der Waals surface area contributed by atoms with Gasteiger partial charge in [-0.2, -0.15) is 0 Å². The summed E-state index contributed by atoms with van der Waals surface area (Å²) in [6.07, 6.45) is 7.02. The van der Waals surface area contributed by atoms with Gasteiger partial charge < -0.3 is 15.7 Å². The molecule has 0 atom stereocenters. The van der Waals surface area contributed by atoms with Crippen LogP contribution >= 0.6 is 0 Å². The van der Waals surface area contributed by atoms with Crippen molar-refractivity contribution in [3.63, 3.8) is 0 Å². The molecule has 0 spiro atoms. The van der Waals surface area contributed by atoms with Gasteiger partial charge in [-0.3, -0.25) is 4.79 Å². The molecule has 2 aliphatic carbocycles. The number of benzene rings is 1. The summed E-state index contributed by atoms with van der Waals surface area (Å²) in [6.45, 7) is 0.552. The van der Waals surface area contributed by atoms with Gasteiger partial charge in [-0.15, -0.1) is 0 Å². The third kappa shape index (κ3) is 3.21. The van der Waals surface area contributed by atoms with E-state index >= 15 is 0 Å². The quantitative estimate of drug-likeness (QED) is 0.894. The van der Waals surface area contributed by atoms with Crippen molar-refractivity contribution in [1.29, 1.82) is 0 Å². The van der Waals surface area contributed by atoms with E-state index < -0.39 is 5.54 Å². The van der Waals surface area contributed by atoms with E-state index in [4.69, 9.17) is 5.73 Å². The summed E-state index contributed by atoms with van der Waals surface area (Å²) in [7, 11) is 0. The van der Waals surface area contributed by atoms with Crippen molar-refractivity contribution in [2.45, 2.75) is 63.1 Å². The Morgan fingerprint density at radius 1 is 1.29 bits per heavy atom. The zero-order valence-corrected chi connectivity index (χ0v) is 12.4. The number of aromatic hydroxyl groups is 1. The van der Waals surface area contributed by atoms with Crippen LogP contribution in [0.1, 0.15) is 50.5 Å². The molecule has 2 fully saturated rings. The Hall–Kier alpha value is -1.55. The van der Waals surface area contributed by atoms with E-state index in [1.807, 2.05) is 17.0 Å². The van der Waals surface area contributed by atoms with Gasteiger partial charge in [0.05, 0.1) is 5.54 Å². The van der Waals surface area contributed by atoms with Crippen molar-refractivity contribution in [3.05, 3.63) is 29.8 Å². The first-order chi connectivity index (χ1) is 10.1. The van der Waals surface area contributed by atoms with Crippen molar-refractivity contribution >= 4 is 5.91 Å². The van der Waals surface area contributed by atoms with Gasteiger partial charge in [0.1, 0.15) is 5.75 Å². The number of hydrogen-bond donors (Lipinski definition) is 2. The summed E-state index contributed by atoms with van der Waals surface area (Å²) in [5.74, 6) is 0.351. The summed E-state index contributed by atoms with van der Waals surface area (Å²) in [5.41, 5.74) is 6.71. The van der Waals surface area contributed by atoms with Crippen LogP contribution in [-0.2, 0) is 11.3 Å². The number of phenolic OH excluding ortho intramolecular Hbond substituents is 1. The fourth-order valence-corrected chi connectivity index (χ4v) is 3.29. The van der Waals surface area contributed by atoms with Crippen LogP contribution in [0.3, 0.4) is 0 Å². The molecular formula is C17H24N2O2. The molecule has 114 valence electrons. The number of hydrogen-bond acceptors (Lipinski definition) is 3. The van der Waals surface area contributed by atoms with Crippen LogP contribution in [-0.4, -0.2) is 27.5 Å². The summed E-state index contributed by atoms with van der Waals surface area (Å²) in [6, 6.07) is 7.48. The van der Waals surface area contributed by atoms with E-state index in [1.165, 1.54) is 6.42 Å². The Balaban J connectivity index is 1.76. The van der Waals surface area contributed by atoms with E-state index in [2.05, 4.69) is 0 Å². The summed E-state index contributed by atoms with van der Waals surface area (Å²) < 4.78 is 0. The fraction of sp³-hybridized carbons (Fsp3) is 0.588. The predicted molar refractivity (Wildman–Crippen MR) is 81.7 cm³/mol. The lowest BCUT2D eigenvalue weighted by Crippen LogP contribution is -2.56. The second-order valence-electron chi connectivity index (χ2n) is 6.55. The molecule has 0 heterocycles. The number of carbonyl (C=O) groups is 1. The Labute approximate surface area is 125 Å². The highest BCUT2D eigenvalue weighted by Crippen LogP contribution is 2.34. The minimum atomic E-state index is -0.669. The number of amides is 1. The molecule has 0 aliphatic heterocycles. The lowest BCUT2D eigenvalue weighted by atomic mass is 9.81. The standard InChI is InChI=1S/C17H24N2O2/c18-17(9-2-1-3-10-17)16(21)19(14-7-8-14)12-13-5-4-6-15(20)11-13/h4-6,11,14,20H,1-3,7-10,12,18H2. The normalized spacial score (nSPS) is 21.0. The molecule has 0 unspecified atom stereocenters. The highest BCUT2D eigenvalue weighted by atomic mass is 16.3. The van der Waals surface area contributed by atoms with Gasteiger partial charge in [0.15, 0.2) is 0 Å². The maximum atomic E-state index is 12.9. The third-order valence-electron chi connectivity index (χ3n) is 4.68. The maximum Gasteiger partial charge on any atom is 0.243 e. The number of phenols is 1. The maximum absolute atomic E-state index is 12.9. The molecule has 0 radical (unpaired) electrons. The summed E-state index contributed by atoms with van der Waals surface area (Å²) in [4.78, 5) is 14.9. The Bertz CT molecular complexity index is 519. The Kier molecular flexibility index (Phi) is 3.89. The first-order valence-corrected chi connectivity index (χ1v) is 7.96. The third-order valence-corrected chi connectivity index (χ3v) is 4.68.